The first kappa shape index (κ1) is 64.4. The predicted octanol–water partition coefficient (Wildman–Crippen LogP) is 13.6. The average Bonchev–Trinajstić information content (AvgIpc) is 1.47. The van der Waals surface area contributed by atoms with Gasteiger partial charge in [-0.15, -0.1) is 11.6 Å². The molecule has 0 N–H and O–H groups in total. The topological polar surface area (TPSA) is 150 Å². The number of hydrogen-bond acceptors (Lipinski definition) is 10. The summed E-state index contributed by atoms with van der Waals surface area (Å²) < 4.78 is 13.1. The van der Waals surface area contributed by atoms with Crippen molar-refractivity contribution in [3.63, 3.8) is 0 Å². The van der Waals surface area contributed by atoms with Crippen molar-refractivity contribution in [3.05, 3.63) is 314 Å². The fourth-order valence-corrected chi connectivity index (χ4v) is 16.5. The van der Waals surface area contributed by atoms with Crippen molar-refractivity contribution in [2.24, 2.45) is 0 Å². The Hall–Kier alpha value is -9.60. The molecule has 1 aliphatic heterocycles. The monoisotopic (exact) mass is 1320 g/mol. The van der Waals surface area contributed by atoms with Crippen LogP contribution >= 0.6 is 15.8 Å². The second-order valence-corrected chi connectivity index (χ2v) is 26.7. The zero-order chi connectivity index (χ0) is 61.1. The Labute approximate surface area is 553 Å². The van der Waals surface area contributed by atoms with Crippen molar-refractivity contribution in [3.8, 4) is 46.0 Å². The van der Waals surface area contributed by atoms with Crippen LogP contribution in [0.5, 0.6) is 23.0 Å². The summed E-state index contributed by atoms with van der Waals surface area (Å²) in [6, 6.07) is 88.5. The maximum Gasteiger partial charge on any atom is 2.00 e. The van der Waals surface area contributed by atoms with E-state index in [0.29, 0.717) is 11.6 Å². The van der Waals surface area contributed by atoms with Gasteiger partial charge in [-0.25, -0.2) is 0 Å². The van der Waals surface area contributed by atoms with Crippen LogP contribution < -0.4 is 51.5 Å². The zero-order valence-corrected chi connectivity index (χ0v) is 54.1. The van der Waals surface area contributed by atoms with Crippen LogP contribution in [0.2, 0.25) is 0 Å². The molecule has 2 radical (unpaired) electrons. The molecule has 0 atom stereocenters. The molecular weight excluding hydrogens is 1260 g/mol. The quantitative estimate of drug-likeness (QED) is 0.0728. The van der Waals surface area contributed by atoms with E-state index < -0.39 is 15.8 Å². The third-order valence-corrected chi connectivity index (χ3v) is 20.9. The summed E-state index contributed by atoms with van der Waals surface area (Å²) in [5.41, 5.74) is 8.01. The standard InChI is InChI=1S/C28H24OP.C27H24OP.2C10H6N5.2Cu/c1-20-12-10-17-23-26(20)29-27-24(28(23,2)3)18-11-19-25(27)30(21-13-6-4-7-14-21)22-15-8-5-9-16-22;1-20-14-16-25(22(3)18-20)28-26-17-15-21(2)19-27(26)29(23-10-6-4-7-11-23)24-12-8-5-9-13-24;2*1-2-4-8-7(3-1)5-6-11-9(8)10-12-14-15-13-10;;/h4-19H,1H2,2-3H3;4-19H,3H2,1-2H3;2*1-6H;;/q4*-1;2*+2/p+2. The van der Waals surface area contributed by atoms with E-state index in [-0.39, 0.29) is 39.6 Å². The number of benzene rings is 10. The number of aryl methyl sites for hydroxylation is 2. The van der Waals surface area contributed by atoms with Gasteiger partial charge in [0.05, 0.1) is 23.0 Å². The van der Waals surface area contributed by atoms with Crippen molar-refractivity contribution in [2.75, 3.05) is 0 Å². The minimum atomic E-state index is -1.23. The van der Waals surface area contributed by atoms with Gasteiger partial charge in [0.25, 0.3) is 0 Å². The molecule has 0 saturated heterocycles. The molecule has 14 aromatic rings. The molecule has 5 heterocycles. The Kier molecular flexibility index (Phi) is 21.1. The van der Waals surface area contributed by atoms with E-state index >= 15 is 0 Å². The molecule has 0 aliphatic carbocycles. The number of nitrogens with zero attached hydrogens (tertiary/aromatic N) is 10. The molecule has 0 saturated carbocycles. The van der Waals surface area contributed by atoms with E-state index in [2.05, 4.69) is 275 Å². The molecule has 4 aromatic heterocycles. The van der Waals surface area contributed by atoms with E-state index in [0.717, 1.165) is 67.1 Å². The molecule has 0 fully saturated rings. The van der Waals surface area contributed by atoms with E-state index in [1.807, 2.05) is 72.8 Å². The Morgan fingerprint density at radius 1 is 0.418 bits per heavy atom. The van der Waals surface area contributed by atoms with Gasteiger partial charge in [0, 0.05) is 45.6 Å². The summed E-state index contributed by atoms with van der Waals surface area (Å²) in [4.78, 5) is 8.49. The van der Waals surface area contributed by atoms with Crippen molar-refractivity contribution < 1.29 is 43.6 Å². The van der Waals surface area contributed by atoms with Gasteiger partial charge in [0.15, 0.2) is 11.5 Å². The van der Waals surface area contributed by atoms with Gasteiger partial charge in [-0.2, -0.15) is 47.5 Å². The minimum absolute atomic E-state index is 0. The van der Waals surface area contributed by atoms with Crippen molar-refractivity contribution in [1.82, 2.24) is 51.2 Å². The van der Waals surface area contributed by atoms with Crippen LogP contribution in [0.15, 0.2) is 267 Å². The molecule has 12 nitrogen and oxygen atoms in total. The Balaban J connectivity index is 0.000000138. The van der Waals surface area contributed by atoms with Crippen LogP contribution in [-0.4, -0.2) is 41.0 Å². The van der Waals surface area contributed by atoms with E-state index in [9.17, 15) is 0 Å². The third kappa shape index (κ3) is 14.5. The molecule has 0 unspecified atom stereocenters. The molecule has 91 heavy (non-hydrogen) atoms. The maximum atomic E-state index is 6.66. The average molecular weight is 1320 g/mol. The summed E-state index contributed by atoms with van der Waals surface area (Å²) >= 11 is 0. The number of rotatable bonds is 10. The minimum Gasteiger partial charge on any atom is -0.513 e. The van der Waals surface area contributed by atoms with Gasteiger partial charge in [-0.05, 0) is 102 Å². The van der Waals surface area contributed by atoms with Gasteiger partial charge in [0.1, 0.15) is 47.7 Å². The summed E-state index contributed by atoms with van der Waals surface area (Å²) in [5.74, 6) is 4.56. The van der Waals surface area contributed by atoms with Crippen molar-refractivity contribution >= 4 is 69.2 Å². The predicted molar refractivity (Wildman–Crippen MR) is 364 cm³/mol. The number of ether oxygens (including phenoxy) is 2. The number of fused-ring (bicyclic) bond motifs is 4. The number of aromatic nitrogens is 10. The molecule has 0 bridgehead atoms. The molecule has 10 aromatic carbocycles. The molecule has 0 spiro atoms. The zero-order valence-electron chi connectivity index (χ0n) is 50.2. The summed E-state index contributed by atoms with van der Waals surface area (Å²) in [6.45, 7) is 17.2. The second-order valence-electron chi connectivity index (χ2n) is 21.8. The largest absolute Gasteiger partial charge is 2.00 e. The number of para-hydroxylation sites is 2. The van der Waals surface area contributed by atoms with Crippen LogP contribution in [0.25, 0.3) is 44.6 Å². The molecule has 16 heteroatoms. The Morgan fingerprint density at radius 3 is 1.32 bits per heavy atom. The number of hydrogen-bond donors (Lipinski definition) is 0. The van der Waals surface area contributed by atoms with E-state index in [1.165, 1.54) is 54.1 Å². The summed E-state index contributed by atoms with van der Waals surface area (Å²) in [5, 5.41) is 41.2. The maximum absolute atomic E-state index is 6.66. The van der Waals surface area contributed by atoms with E-state index in [4.69, 9.17) is 9.47 Å². The molecular formula is C75H62Cu2N10O2P2+2. The van der Waals surface area contributed by atoms with Crippen LogP contribution in [0.3, 0.4) is 0 Å². The molecule has 454 valence electrons. The normalized spacial score (nSPS) is 11.6. The summed E-state index contributed by atoms with van der Waals surface area (Å²) in [7, 11) is -2.44. The SMILES string of the molecule is [CH2-]c1cc(C)ccc1Oc1ccc(C)cc1[PH+](c1ccccc1)c1ccccc1.[CH2-]c1cccc2c1Oc1c([PH+](c3ccccc3)c3ccccc3)cccc1C2(C)C.[Cu+2].[Cu+2].c1ccc2c(-c3nnn[n-]3)nccc2c1.c1ccc2c(-c3nnn[n-]3)nccc2c1. The third-order valence-electron chi connectivity index (χ3n) is 15.4. The van der Waals surface area contributed by atoms with Crippen LogP contribution in [0, 0.1) is 27.7 Å². The molecule has 1 aliphatic rings. The first-order chi connectivity index (χ1) is 43.6. The fraction of sp³-hybridized carbons (Fsp3) is 0.0667. The Morgan fingerprint density at radius 2 is 0.846 bits per heavy atom. The first-order valence-electron chi connectivity index (χ1n) is 29.1. The van der Waals surface area contributed by atoms with E-state index in [1.54, 1.807) is 12.4 Å². The van der Waals surface area contributed by atoms with Crippen molar-refractivity contribution in [1.29, 1.82) is 0 Å². The van der Waals surface area contributed by atoms with Crippen LogP contribution in [0.4, 0.5) is 0 Å². The first-order valence-corrected chi connectivity index (χ1v) is 32.1. The Bertz CT molecular complexity index is 4470. The number of pyridine rings is 2. The van der Waals surface area contributed by atoms with Gasteiger partial charge < -0.3 is 19.7 Å². The van der Waals surface area contributed by atoms with Crippen LogP contribution in [-0.2, 0) is 39.6 Å². The number of tetrazole rings is 2. The summed E-state index contributed by atoms with van der Waals surface area (Å²) in [6.07, 6.45) is 3.46. The van der Waals surface area contributed by atoms with Gasteiger partial charge >= 0.3 is 34.1 Å². The molecule has 0 amide bonds. The van der Waals surface area contributed by atoms with Gasteiger partial charge in [0.2, 0.25) is 0 Å². The van der Waals surface area contributed by atoms with Crippen LogP contribution in [0.1, 0.15) is 47.2 Å². The second kappa shape index (κ2) is 29.8. The van der Waals surface area contributed by atoms with Crippen molar-refractivity contribution in [2.45, 2.75) is 33.1 Å². The smallest absolute Gasteiger partial charge is 0.513 e. The van der Waals surface area contributed by atoms with Gasteiger partial charge in [-0.1, -0.05) is 184 Å². The molecule has 15 rings (SSSR count). The van der Waals surface area contributed by atoms with Gasteiger partial charge in [-0.3, -0.25) is 30.6 Å². The fourth-order valence-electron chi connectivity index (χ4n) is 11.1.